The largest absolute Gasteiger partial charge is 0.405 e. The van der Waals surface area contributed by atoms with E-state index in [-0.39, 0.29) is 56.1 Å². The summed E-state index contributed by atoms with van der Waals surface area (Å²) in [6, 6.07) is 5.49. The number of carbonyl (C=O) groups is 1. The maximum atomic E-state index is 13.7. The fraction of sp³-hybridized carbons (Fsp3) is 0.500. The maximum Gasteiger partial charge on any atom is 0.268 e. The van der Waals surface area contributed by atoms with Gasteiger partial charge < -0.3 is 26.0 Å². The monoisotopic (exact) mass is 477 g/mol. The molecule has 1 aromatic rings. The molecule has 7 nitrogen and oxygen atoms in total. The number of benzene rings is 1. The molecule has 4 rings (SSSR count). The Bertz CT molecular complexity index is 961. The van der Waals surface area contributed by atoms with Gasteiger partial charge in [0, 0.05) is 44.7 Å². The van der Waals surface area contributed by atoms with Gasteiger partial charge in [0.25, 0.3) is 11.8 Å². The minimum Gasteiger partial charge on any atom is -0.405 e. The second-order valence-electron chi connectivity index (χ2n) is 8.79. The number of alkyl halides is 2. The lowest BCUT2D eigenvalue weighted by Gasteiger charge is -2.37. The number of ether oxygens (including phenoxy) is 1. The first-order valence-electron chi connectivity index (χ1n) is 11.6. The Hall–Kier alpha value is -3.01. The van der Waals surface area contributed by atoms with Crippen molar-refractivity contribution in [3.63, 3.8) is 0 Å². The predicted molar refractivity (Wildman–Crippen MR) is 123 cm³/mol. The van der Waals surface area contributed by atoms with E-state index in [0.717, 1.165) is 12.8 Å². The number of piperidine rings is 1. The molecule has 3 aliphatic heterocycles. The first kappa shape index (κ1) is 24.1. The van der Waals surface area contributed by atoms with Gasteiger partial charge in [-0.3, -0.25) is 4.79 Å². The molecule has 1 unspecified atom stereocenters. The van der Waals surface area contributed by atoms with Crippen LogP contribution < -0.4 is 16.4 Å². The normalized spacial score (nSPS) is 22.3. The van der Waals surface area contributed by atoms with Gasteiger partial charge in [0.15, 0.2) is 0 Å². The fourth-order valence-electron chi connectivity index (χ4n) is 4.49. The Morgan fingerprint density at radius 2 is 1.91 bits per heavy atom. The van der Waals surface area contributed by atoms with Crippen molar-refractivity contribution in [2.24, 2.45) is 16.6 Å². The van der Waals surface area contributed by atoms with Crippen LogP contribution in [-0.4, -0.2) is 61.3 Å². The van der Waals surface area contributed by atoms with Crippen molar-refractivity contribution in [2.75, 3.05) is 32.8 Å². The van der Waals surface area contributed by atoms with Gasteiger partial charge in [-0.05, 0) is 55.3 Å². The average Bonchev–Trinajstić information content (AvgIpc) is 2.84. The van der Waals surface area contributed by atoms with E-state index in [1.807, 2.05) is 4.90 Å². The van der Waals surface area contributed by atoms with Crippen LogP contribution >= 0.6 is 0 Å². The smallest absolute Gasteiger partial charge is 0.268 e. The van der Waals surface area contributed by atoms with Gasteiger partial charge in [-0.1, -0.05) is 0 Å². The van der Waals surface area contributed by atoms with Crippen molar-refractivity contribution in [1.29, 1.82) is 0 Å². The predicted octanol–water partition coefficient (Wildman–Crippen LogP) is 2.61. The molecule has 3 aliphatic rings. The summed E-state index contributed by atoms with van der Waals surface area (Å²) < 4.78 is 46.4. The van der Waals surface area contributed by atoms with Crippen LogP contribution in [-0.2, 0) is 9.53 Å². The number of nitrogens with one attached hydrogen (secondary N) is 2. The number of rotatable bonds is 6. The highest BCUT2D eigenvalue weighted by molar-refractivity contribution is 6.41. The van der Waals surface area contributed by atoms with E-state index in [9.17, 15) is 18.0 Å². The molecule has 0 aliphatic carbocycles. The van der Waals surface area contributed by atoms with Gasteiger partial charge in [0.1, 0.15) is 23.0 Å². The first-order chi connectivity index (χ1) is 16.4. The van der Waals surface area contributed by atoms with Crippen molar-refractivity contribution in [3.8, 4) is 0 Å². The Kier molecular flexibility index (Phi) is 7.45. The van der Waals surface area contributed by atoms with E-state index in [1.54, 1.807) is 18.2 Å². The highest BCUT2D eigenvalue weighted by atomic mass is 19.3. The number of nitrogens with zero attached hydrogens (tertiary/aromatic N) is 2. The van der Waals surface area contributed by atoms with Crippen LogP contribution in [0.2, 0.25) is 0 Å². The molecule has 2 fully saturated rings. The van der Waals surface area contributed by atoms with Crippen molar-refractivity contribution >= 4 is 17.3 Å². The first-order valence-corrected chi connectivity index (χ1v) is 11.6. The van der Waals surface area contributed by atoms with E-state index < -0.39 is 11.7 Å². The van der Waals surface area contributed by atoms with E-state index in [0.29, 0.717) is 30.3 Å². The molecule has 10 heteroatoms. The second-order valence-corrected chi connectivity index (χ2v) is 8.79. The zero-order valence-corrected chi connectivity index (χ0v) is 18.9. The Balaban J connectivity index is 1.59. The molecule has 0 aromatic heterocycles. The number of likely N-dealkylation sites (tertiary alicyclic amines) is 1. The van der Waals surface area contributed by atoms with Crippen LogP contribution in [0.3, 0.4) is 0 Å². The summed E-state index contributed by atoms with van der Waals surface area (Å²) in [5.74, 6) is -2.66. The molecular formula is C24H30F3N5O2. The minimum absolute atomic E-state index is 0.144. The van der Waals surface area contributed by atoms with E-state index in [4.69, 9.17) is 10.5 Å². The standard InChI is InChI=1S/C24H30F3N5O2/c25-18-3-1-17(2-4-18)21-22(32-11-8-24(26,27)9-12-32)29-15-20(30-21)23(33)31-19(5-10-28)16-6-13-34-14-7-16/h1-5,10,16,19,29H,6-9,11-15,28H2,(H,31,33)/b10-5-. The van der Waals surface area contributed by atoms with Crippen molar-refractivity contribution in [3.05, 3.63) is 53.7 Å². The van der Waals surface area contributed by atoms with Crippen LogP contribution in [0.4, 0.5) is 13.2 Å². The number of hydrogen-bond donors (Lipinski definition) is 3. The van der Waals surface area contributed by atoms with Gasteiger partial charge in [0.05, 0.1) is 12.6 Å². The quantitative estimate of drug-likeness (QED) is 0.586. The Morgan fingerprint density at radius 1 is 1.24 bits per heavy atom. The van der Waals surface area contributed by atoms with Gasteiger partial charge in [-0.25, -0.2) is 18.2 Å². The summed E-state index contributed by atoms with van der Waals surface area (Å²) in [6.07, 6.45) is 4.29. The number of hydrogen-bond acceptors (Lipinski definition) is 6. The summed E-state index contributed by atoms with van der Waals surface area (Å²) >= 11 is 0. The number of amides is 1. The van der Waals surface area contributed by atoms with Crippen LogP contribution in [0.1, 0.15) is 31.2 Å². The molecule has 0 saturated carbocycles. The summed E-state index contributed by atoms with van der Waals surface area (Å²) in [4.78, 5) is 19.6. The molecule has 1 aromatic carbocycles. The molecule has 0 radical (unpaired) electrons. The molecule has 4 N–H and O–H groups in total. The van der Waals surface area contributed by atoms with Gasteiger partial charge in [0.2, 0.25) is 0 Å². The highest BCUT2D eigenvalue weighted by Crippen LogP contribution is 2.32. The number of nitrogens with two attached hydrogens (primary N) is 1. The number of halogens is 3. The SMILES string of the molecule is N/C=C\C(NC(=O)C1=NC(c2ccc(F)cc2)=C(N2CCC(F)(F)CC2)NC1)C1CCOCC1. The lowest BCUT2D eigenvalue weighted by molar-refractivity contribution is -0.115. The third-order valence-electron chi connectivity index (χ3n) is 6.48. The van der Waals surface area contributed by atoms with Crippen LogP contribution in [0.5, 0.6) is 0 Å². The molecule has 0 spiro atoms. The highest BCUT2D eigenvalue weighted by Gasteiger charge is 2.36. The number of aliphatic imine (C=N–C) groups is 1. The summed E-state index contributed by atoms with van der Waals surface area (Å²) in [5.41, 5.74) is 6.90. The molecule has 34 heavy (non-hydrogen) atoms. The van der Waals surface area contributed by atoms with Crippen molar-refractivity contribution in [1.82, 2.24) is 15.5 Å². The zero-order valence-electron chi connectivity index (χ0n) is 18.9. The summed E-state index contributed by atoms with van der Waals surface area (Å²) in [5, 5.41) is 6.22. The van der Waals surface area contributed by atoms with E-state index in [2.05, 4.69) is 15.6 Å². The molecular weight excluding hydrogens is 447 g/mol. The molecule has 184 valence electrons. The van der Waals surface area contributed by atoms with E-state index >= 15 is 0 Å². The van der Waals surface area contributed by atoms with E-state index in [1.165, 1.54) is 18.3 Å². The Labute approximate surface area is 196 Å². The lowest BCUT2D eigenvalue weighted by atomic mass is 9.91. The second kappa shape index (κ2) is 10.5. The third-order valence-corrected chi connectivity index (χ3v) is 6.48. The topological polar surface area (TPSA) is 92.0 Å². The molecule has 1 atom stereocenters. The summed E-state index contributed by atoms with van der Waals surface area (Å²) in [7, 11) is 0. The van der Waals surface area contributed by atoms with Gasteiger partial charge in [-0.15, -0.1) is 0 Å². The third kappa shape index (κ3) is 5.72. The fourth-order valence-corrected chi connectivity index (χ4v) is 4.49. The lowest BCUT2D eigenvalue weighted by Crippen LogP contribution is -2.49. The van der Waals surface area contributed by atoms with Crippen molar-refractivity contribution in [2.45, 2.75) is 37.6 Å². The minimum atomic E-state index is -2.69. The Morgan fingerprint density at radius 3 is 2.56 bits per heavy atom. The van der Waals surface area contributed by atoms with Gasteiger partial charge >= 0.3 is 0 Å². The number of carbonyl (C=O) groups excluding carboxylic acids is 1. The van der Waals surface area contributed by atoms with Crippen LogP contribution in [0.25, 0.3) is 5.70 Å². The average molecular weight is 478 g/mol. The van der Waals surface area contributed by atoms with Crippen molar-refractivity contribution < 1.29 is 22.7 Å². The molecule has 3 heterocycles. The molecule has 2 saturated heterocycles. The molecule has 1 amide bonds. The maximum absolute atomic E-state index is 13.7. The van der Waals surface area contributed by atoms with Crippen LogP contribution in [0, 0.1) is 11.7 Å². The van der Waals surface area contributed by atoms with Gasteiger partial charge in [-0.2, -0.15) is 0 Å². The zero-order chi connectivity index (χ0) is 24.1. The van der Waals surface area contributed by atoms with Crippen LogP contribution in [0.15, 0.2) is 47.4 Å². The molecule has 0 bridgehead atoms. The summed E-state index contributed by atoms with van der Waals surface area (Å²) in [6.45, 7) is 1.72.